The largest absolute Gasteiger partial charge is 0.384 e. The Morgan fingerprint density at radius 1 is 1.42 bits per heavy atom. The van der Waals surface area contributed by atoms with Crippen molar-refractivity contribution in [1.82, 2.24) is 0 Å². The van der Waals surface area contributed by atoms with Crippen molar-refractivity contribution in [1.29, 1.82) is 0 Å². The van der Waals surface area contributed by atoms with Crippen molar-refractivity contribution in [2.75, 3.05) is 11.9 Å². The number of unbranched alkanes of at least 4 members (excludes halogenated alkanes) is 2. The smallest absolute Gasteiger partial charge is 0.224 e. The van der Waals surface area contributed by atoms with Gasteiger partial charge in [-0.2, -0.15) is 0 Å². The highest BCUT2D eigenvalue weighted by atomic mass is 19.1. The van der Waals surface area contributed by atoms with E-state index in [0.717, 1.165) is 19.3 Å². The van der Waals surface area contributed by atoms with E-state index in [0.29, 0.717) is 12.0 Å². The van der Waals surface area contributed by atoms with Crippen LogP contribution in [0.5, 0.6) is 0 Å². The van der Waals surface area contributed by atoms with Crippen LogP contribution in [0.15, 0.2) is 18.2 Å². The quantitative estimate of drug-likeness (QED) is 0.634. The summed E-state index contributed by atoms with van der Waals surface area (Å²) in [7, 11) is 0. The van der Waals surface area contributed by atoms with Crippen LogP contribution in [-0.4, -0.2) is 17.6 Å². The minimum atomic E-state index is -0.520. The van der Waals surface area contributed by atoms with Crippen LogP contribution >= 0.6 is 0 Å². The van der Waals surface area contributed by atoms with Crippen molar-refractivity contribution >= 4 is 11.6 Å². The standard InChI is InChI=1S/C15H18FNO2/c1-2-3-4-7-15(19)17-14-9-8-12(6-5-10-18)11-13(14)16/h8-9,11,18H,2-4,7,10H2,1H3,(H,17,19). The predicted octanol–water partition coefficient (Wildman–Crippen LogP) is 2.69. The van der Waals surface area contributed by atoms with E-state index in [4.69, 9.17) is 5.11 Å². The molecule has 3 nitrogen and oxygen atoms in total. The van der Waals surface area contributed by atoms with E-state index in [1.807, 2.05) is 0 Å². The number of aliphatic hydroxyl groups is 1. The molecule has 0 fully saturated rings. The molecule has 0 radical (unpaired) electrons. The number of carbonyl (C=O) groups is 1. The Labute approximate surface area is 112 Å². The highest BCUT2D eigenvalue weighted by Crippen LogP contribution is 2.16. The molecule has 0 aliphatic heterocycles. The zero-order chi connectivity index (χ0) is 14.1. The lowest BCUT2D eigenvalue weighted by molar-refractivity contribution is -0.116. The number of aliphatic hydroxyl groups excluding tert-OH is 1. The Balaban J connectivity index is 2.62. The van der Waals surface area contributed by atoms with Crippen LogP contribution in [0.4, 0.5) is 10.1 Å². The Hall–Kier alpha value is -1.86. The molecule has 102 valence electrons. The molecular weight excluding hydrogens is 245 g/mol. The number of benzene rings is 1. The van der Waals surface area contributed by atoms with E-state index < -0.39 is 5.82 Å². The lowest BCUT2D eigenvalue weighted by Gasteiger charge is -2.06. The molecular formula is C15H18FNO2. The molecule has 0 unspecified atom stereocenters. The van der Waals surface area contributed by atoms with Gasteiger partial charge in [0.1, 0.15) is 12.4 Å². The number of hydrogen-bond donors (Lipinski definition) is 2. The second-order valence-electron chi connectivity index (χ2n) is 4.16. The summed E-state index contributed by atoms with van der Waals surface area (Å²) < 4.78 is 13.7. The molecule has 1 aromatic rings. The zero-order valence-electron chi connectivity index (χ0n) is 11.0. The first-order valence-corrected chi connectivity index (χ1v) is 6.36. The van der Waals surface area contributed by atoms with Gasteiger partial charge in [-0.1, -0.05) is 31.6 Å². The molecule has 4 heteroatoms. The summed E-state index contributed by atoms with van der Waals surface area (Å²) in [5.74, 6) is 4.34. The third-order valence-electron chi connectivity index (χ3n) is 2.56. The second-order valence-corrected chi connectivity index (χ2v) is 4.16. The van der Waals surface area contributed by atoms with Crippen LogP contribution in [0, 0.1) is 17.7 Å². The van der Waals surface area contributed by atoms with Gasteiger partial charge in [0.25, 0.3) is 0 Å². The summed E-state index contributed by atoms with van der Waals surface area (Å²) in [5.41, 5.74) is 0.631. The molecule has 1 rings (SSSR count). The van der Waals surface area contributed by atoms with Gasteiger partial charge in [-0.15, -0.1) is 0 Å². The first-order chi connectivity index (χ1) is 9.17. The average molecular weight is 263 g/mol. The normalized spacial score (nSPS) is 9.63. The number of carbonyl (C=O) groups excluding carboxylic acids is 1. The number of rotatable bonds is 5. The van der Waals surface area contributed by atoms with Crippen LogP contribution in [0.1, 0.15) is 38.2 Å². The van der Waals surface area contributed by atoms with Gasteiger partial charge in [-0.3, -0.25) is 4.79 Å². The summed E-state index contributed by atoms with van der Waals surface area (Å²) in [4.78, 5) is 11.6. The van der Waals surface area contributed by atoms with Crippen molar-refractivity contribution in [2.24, 2.45) is 0 Å². The topological polar surface area (TPSA) is 49.3 Å². The Morgan fingerprint density at radius 3 is 2.84 bits per heavy atom. The fraction of sp³-hybridized carbons (Fsp3) is 0.400. The van der Waals surface area contributed by atoms with Crippen LogP contribution in [-0.2, 0) is 4.79 Å². The monoisotopic (exact) mass is 263 g/mol. The van der Waals surface area contributed by atoms with Crippen molar-refractivity contribution in [3.63, 3.8) is 0 Å². The summed E-state index contributed by atoms with van der Waals surface area (Å²) in [6, 6.07) is 4.33. The fourth-order valence-corrected chi connectivity index (χ4v) is 1.58. The van der Waals surface area contributed by atoms with E-state index in [1.165, 1.54) is 12.1 Å². The number of hydrogen-bond acceptors (Lipinski definition) is 2. The lowest BCUT2D eigenvalue weighted by Crippen LogP contribution is -2.12. The summed E-state index contributed by atoms with van der Waals surface area (Å²) in [5, 5.41) is 11.1. The minimum absolute atomic E-state index is 0.163. The first kappa shape index (κ1) is 15.2. The van der Waals surface area contributed by atoms with Crippen LogP contribution in [0.3, 0.4) is 0 Å². The molecule has 0 aliphatic carbocycles. The molecule has 0 bridgehead atoms. The summed E-state index contributed by atoms with van der Waals surface area (Å²) in [6.07, 6.45) is 3.24. The Morgan fingerprint density at radius 2 is 2.21 bits per heavy atom. The molecule has 19 heavy (non-hydrogen) atoms. The molecule has 0 aliphatic rings. The van der Waals surface area contributed by atoms with Crippen molar-refractivity contribution in [3.05, 3.63) is 29.6 Å². The molecule has 0 atom stereocenters. The van der Waals surface area contributed by atoms with Gasteiger partial charge < -0.3 is 10.4 Å². The third-order valence-corrected chi connectivity index (χ3v) is 2.56. The maximum absolute atomic E-state index is 13.7. The van der Waals surface area contributed by atoms with Crippen LogP contribution in [0.25, 0.3) is 0 Å². The number of anilines is 1. The minimum Gasteiger partial charge on any atom is -0.384 e. The first-order valence-electron chi connectivity index (χ1n) is 6.36. The van der Waals surface area contributed by atoms with E-state index in [2.05, 4.69) is 24.1 Å². The highest BCUT2D eigenvalue weighted by Gasteiger charge is 2.07. The molecule has 0 aromatic heterocycles. The highest BCUT2D eigenvalue weighted by molar-refractivity contribution is 5.90. The van der Waals surface area contributed by atoms with E-state index >= 15 is 0 Å². The van der Waals surface area contributed by atoms with Gasteiger partial charge >= 0.3 is 0 Å². The van der Waals surface area contributed by atoms with Gasteiger partial charge in [0.15, 0.2) is 0 Å². The van der Waals surface area contributed by atoms with Gasteiger partial charge in [0.2, 0.25) is 5.91 Å². The van der Waals surface area contributed by atoms with Crippen molar-refractivity contribution in [3.8, 4) is 11.8 Å². The van der Waals surface area contributed by atoms with Crippen molar-refractivity contribution in [2.45, 2.75) is 32.6 Å². The fourth-order valence-electron chi connectivity index (χ4n) is 1.58. The van der Waals surface area contributed by atoms with Crippen molar-refractivity contribution < 1.29 is 14.3 Å². The predicted molar refractivity (Wildman–Crippen MR) is 73.1 cm³/mol. The maximum Gasteiger partial charge on any atom is 0.224 e. The van der Waals surface area contributed by atoms with Gasteiger partial charge in [-0.05, 0) is 24.6 Å². The maximum atomic E-state index is 13.7. The number of amides is 1. The van der Waals surface area contributed by atoms with E-state index in [9.17, 15) is 9.18 Å². The molecule has 0 saturated heterocycles. The van der Waals surface area contributed by atoms with Gasteiger partial charge in [-0.25, -0.2) is 4.39 Å². The lowest BCUT2D eigenvalue weighted by atomic mass is 10.1. The van der Waals surface area contributed by atoms with Crippen LogP contribution in [0.2, 0.25) is 0 Å². The summed E-state index contributed by atoms with van der Waals surface area (Å²) >= 11 is 0. The molecule has 0 heterocycles. The van der Waals surface area contributed by atoms with Gasteiger partial charge in [0, 0.05) is 12.0 Å². The Bertz CT molecular complexity index is 489. The number of halogens is 1. The summed E-state index contributed by atoms with van der Waals surface area (Å²) in [6.45, 7) is 1.79. The SMILES string of the molecule is CCCCCC(=O)Nc1ccc(C#CCO)cc1F. The van der Waals surface area contributed by atoms with Gasteiger partial charge in [0.05, 0.1) is 5.69 Å². The average Bonchev–Trinajstić information content (AvgIpc) is 2.39. The molecule has 0 spiro atoms. The second kappa shape index (κ2) is 8.28. The molecule has 2 N–H and O–H groups in total. The Kier molecular flexibility index (Phi) is 6.62. The van der Waals surface area contributed by atoms with E-state index in [-0.39, 0.29) is 18.2 Å². The van der Waals surface area contributed by atoms with E-state index in [1.54, 1.807) is 6.07 Å². The molecule has 1 aromatic carbocycles. The molecule has 1 amide bonds. The zero-order valence-corrected chi connectivity index (χ0v) is 11.0. The third kappa shape index (κ3) is 5.54. The van der Waals surface area contributed by atoms with Crippen LogP contribution < -0.4 is 5.32 Å². The molecule has 0 saturated carbocycles. The number of nitrogens with one attached hydrogen (secondary N) is 1.